The number of anilines is 1. The molecule has 6 rings (SSSR count). The maximum atomic E-state index is 13.2. The second kappa shape index (κ2) is 7.28. The molecule has 4 aromatic rings. The molecule has 1 fully saturated rings. The Morgan fingerprint density at radius 1 is 0.848 bits per heavy atom. The van der Waals surface area contributed by atoms with Crippen LogP contribution in [0, 0.1) is 6.92 Å². The van der Waals surface area contributed by atoms with E-state index in [1.54, 1.807) is 13.0 Å². The van der Waals surface area contributed by atoms with Gasteiger partial charge in [-0.05, 0) is 29.2 Å². The van der Waals surface area contributed by atoms with Gasteiger partial charge >= 0.3 is 6.18 Å². The molecule has 33 heavy (non-hydrogen) atoms. The van der Waals surface area contributed by atoms with Crippen molar-refractivity contribution in [1.82, 2.24) is 24.5 Å². The van der Waals surface area contributed by atoms with Crippen LogP contribution < -0.4 is 4.90 Å². The molecule has 0 bridgehead atoms. The predicted molar refractivity (Wildman–Crippen MR) is 118 cm³/mol. The van der Waals surface area contributed by atoms with Crippen LogP contribution in [0.1, 0.15) is 28.7 Å². The van der Waals surface area contributed by atoms with Gasteiger partial charge in [-0.2, -0.15) is 22.7 Å². The number of fused-ring (bicyclic) bond motifs is 4. The summed E-state index contributed by atoms with van der Waals surface area (Å²) in [5, 5.41) is 3.72. The number of benzene rings is 2. The first-order valence-electron chi connectivity index (χ1n) is 10.9. The summed E-state index contributed by atoms with van der Waals surface area (Å²) in [5.74, 6) is -0.606. The second-order valence-electron chi connectivity index (χ2n) is 8.50. The molecule has 0 unspecified atom stereocenters. The van der Waals surface area contributed by atoms with Crippen molar-refractivity contribution < 1.29 is 13.2 Å². The smallest absolute Gasteiger partial charge is 0.354 e. The molecule has 1 aliphatic carbocycles. The Morgan fingerprint density at radius 2 is 1.45 bits per heavy atom. The van der Waals surface area contributed by atoms with Gasteiger partial charge < -0.3 is 4.90 Å². The summed E-state index contributed by atoms with van der Waals surface area (Å²) in [6, 6.07) is 19.0. The van der Waals surface area contributed by atoms with Crippen molar-refractivity contribution in [3.63, 3.8) is 0 Å². The largest absolute Gasteiger partial charge is 0.453 e. The summed E-state index contributed by atoms with van der Waals surface area (Å²) in [6.07, 6.45) is -4.61. The Bertz CT molecular complexity index is 1310. The second-order valence-corrected chi connectivity index (χ2v) is 8.50. The number of piperazine rings is 1. The van der Waals surface area contributed by atoms with Gasteiger partial charge in [0.1, 0.15) is 5.82 Å². The summed E-state index contributed by atoms with van der Waals surface area (Å²) < 4.78 is 40.8. The van der Waals surface area contributed by atoms with E-state index in [1.807, 2.05) is 0 Å². The zero-order valence-electron chi connectivity index (χ0n) is 17.9. The van der Waals surface area contributed by atoms with Gasteiger partial charge in [0, 0.05) is 37.9 Å². The Balaban J connectivity index is 1.30. The third-order valence-corrected chi connectivity index (χ3v) is 6.48. The molecule has 6 nitrogen and oxygen atoms in total. The molecule has 0 radical (unpaired) electrons. The first-order chi connectivity index (χ1) is 15.9. The molecule has 2 aromatic carbocycles. The molecule has 9 heteroatoms. The van der Waals surface area contributed by atoms with E-state index < -0.39 is 12.0 Å². The quantitative estimate of drug-likeness (QED) is 0.455. The van der Waals surface area contributed by atoms with E-state index in [0.717, 1.165) is 13.1 Å². The van der Waals surface area contributed by atoms with Crippen LogP contribution in [0.25, 0.3) is 16.9 Å². The van der Waals surface area contributed by atoms with Crippen LogP contribution in [0.15, 0.2) is 54.6 Å². The molecule has 0 atom stereocenters. The Labute approximate surface area is 188 Å². The summed E-state index contributed by atoms with van der Waals surface area (Å²) in [7, 11) is 0. The molecule has 1 saturated heterocycles. The summed E-state index contributed by atoms with van der Waals surface area (Å²) in [5.41, 5.74) is 5.77. The van der Waals surface area contributed by atoms with Crippen molar-refractivity contribution in [2.75, 3.05) is 31.1 Å². The molecule has 168 valence electrons. The highest BCUT2D eigenvalue weighted by Crippen LogP contribution is 2.46. The topological polar surface area (TPSA) is 49.6 Å². The number of rotatable bonds is 2. The number of alkyl halides is 3. The number of nitrogens with zero attached hydrogens (tertiary/aromatic N) is 6. The van der Waals surface area contributed by atoms with Gasteiger partial charge in [-0.25, -0.2) is 4.98 Å². The standard InChI is InChI=1S/C24H21F3N6/c1-15-14-20(33-23(28-15)29-22(30-33)24(25,26)27)31-10-12-32(13-11-31)21-18-8-4-2-6-16(18)17-7-3-5-9-19(17)21/h2-9,14,21H,10-13H2,1H3. The van der Waals surface area contributed by atoms with E-state index in [-0.39, 0.29) is 11.8 Å². The van der Waals surface area contributed by atoms with Crippen molar-refractivity contribution in [2.24, 2.45) is 0 Å². The van der Waals surface area contributed by atoms with Crippen LogP contribution in [0.3, 0.4) is 0 Å². The average Bonchev–Trinajstić information content (AvgIpc) is 3.38. The molecule has 3 heterocycles. The van der Waals surface area contributed by atoms with Crippen molar-refractivity contribution in [3.8, 4) is 11.1 Å². The first-order valence-corrected chi connectivity index (χ1v) is 10.9. The van der Waals surface area contributed by atoms with Gasteiger partial charge in [0.25, 0.3) is 11.6 Å². The van der Waals surface area contributed by atoms with Gasteiger partial charge in [0.2, 0.25) is 0 Å². The van der Waals surface area contributed by atoms with E-state index >= 15 is 0 Å². The zero-order chi connectivity index (χ0) is 22.7. The van der Waals surface area contributed by atoms with Crippen LogP contribution >= 0.6 is 0 Å². The minimum Gasteiger partial charge on any atom is -0.354 e. The highest BCUT2D eigenvalue weighted by Gasteiger charge is 2.38. The maximum absolute atomic E-state index is 13.2. The highest BCUT2D eigenvalue weighted by molar-refractivity contribution is 5.78. The number of hydrogen-bond donors (Lipinski definition) is 0. The monoisotopic (exact) mass is 450 g/mol. The highest BCUT2D eigenvalue weighted by atomic mass is 19.4. The van der Waals surface area contributed by atoms with Gasteiger partial charge in [-0.15, -0.1) is 5.10 Å². The third kappa shape index (κ3) is 3.26. The number of halogens is 3. The van der Waals surface area contributed by atoms with Crippen LogP contribution in [0.4, 0.5) is 19.0 Å². The Morgan fingerprint density at radius 3 is 2.06 bits per heavy atom. The third-order valence-electron chi connectivity index (χ3n) is 6.48. The Kier molecular flexibility index (Phi) is 4.45. The van der Waals surface area contributed by atoms with Gasteiger partial charge in [0.05, 0.1) is 6.04 Å². The van der Waals surface area contributed by atoms with E-state index in [2.05, 4.69) is 73.4 Å². The lowest BCUT2D eigenvalue weighted by molar-refractivity contribution is -0.144. The summed E-state index contributed by atoms with van der Waals surface area (Å²) >= 11 is 0. The molecule has 0 spiro atoms. The lowest BCUT2D eigenvalue weighted by Gasteiger charge is -2.39. The first kappa shape index (κ1) is 20.2. The molecular weight excluding hydrogens is 429 g/mol. The minimum absolute atomic E-state index is 0.0293. The zero-order valence-corrected chi connectivity index (χ0v) is 17.9. The van der Waals surface area contributed by atoms with Crippen molar-refractivity contribution in [2.45, 2.75) is 19.1 Å². The summed E-state index contributed by atoms with van der Waals surface area (Å²) in [6.45, 7) is 4.64. The van der Waals surface area contributed by atoms with Crippen molar-refractivity contribution >= 4 is 11.6 Å². The Hall–Kier alpha value is -3.46. The fraction of sp³-hybridized carbons (Fsp3) is 0.292. The average molecular weight is 450 g/mol. The van der Waals surface area contributed by atoms with Crippen LogP contribution in [-0.2, 0) is 6.18 Å². The molecule has 0 saturated carbocycles. The van der Waals surface area contributed by atoms with E-state index in [4.69, 9.17) is 0 Å². The van der Waals surface area contributed by atoms with Crippen LogP contribution in [0.2, 0.25) is 0 Å². The fourth-order valence-corrected chi connectivity index (χ4v) is 5.04. The van der Waals surface area contributed by atoms with Crippen LogP contribution in [-0.4, -0.2) is 50.7 Å². The van der Waals surface area contributed by atoms with Crippen LogP contribution in [0.5, 0.6) is 0 Å². The van der Waals surface area contributed by atoms with E-state index in [9.17, 15) is 13.2 Å². The van der Waals surface area contributed by atoms with Gasteiger partial charge in [-0.1, -0.05) is 48.5 Å². The predicted octanol–water partition coefficient (Wildman–Crippen LogP) is 4.34. The number of aryl methyl sites for hydroxylation is 1. The fourth-order valence-electron chi connectivity index (χ4n) is 5.04. The molecule has 1 aliphatic heterocycles. The number of hydrogen-bond acceptors (Lipinski definition) is 5. The molecule has 0 N–H and O–H groups in total. The lowest BCUT2D eigenvalue weighted by atomic mass is 10.0. The molecule has 2 aliphatic rings. The molecular formula is C24H21F3N6. The minimum atomic E-state index is -4.61. The molecule has 2 aromatic heterocycles. The SMILES string of the molecule is Cc1cc(N2CCN(C3c4ccccc4-c4ccccc43)CC2)n2nc(C(F)(F)F)nc2n1. The van der Waals surface area contributed by atoms with Crippen molar-refractivity contribution in [3.05, 3.63) is 77.2 Å². The summed E-state index contributed by atoms with van der Waals surface area (Å²) in [4.78, 5) is 12.3. The number of aromatic nitrogens is 4. The van der Waals surface area contributed by atoms with Gasteiger partial charge in [-0.3, -0.25) is 4.90 Å². The normalized spacial score (nSPS) is 16.9. The van der Waals surface area contributed by atoms with E-state index in [0.29, 0.717) is 24.6 Å². The molecule has 0 amide bonds. The van der Waals surface area contributed by atoms with Gasteiger partial charge in [0.15, 0.2) is 0 Å². The van der Waals surface area contributed by atoms with E-state index in [1.165, 1.54) is 26.8 Å². The maximum Gasteiger partial charge on any atom is 0.453 e. The lowest BCUT2D eigenvalue weighted by Crippen LogP contribution is -2.48. The van der Waals surface area contributed by atoms with Crippen molar-refractivity contribution in [1.29, 1.82) is 0 Å².